The molecule has 0 radical (unpaired) electrons. The van der Waals surface area contributed by atoms with Gasteiger partial charge in [-0.2, -0.15) is 0 Å². The van der Waals surface area contributed by atoms with E-state index in [1.165, 1.54) is 0 Å². The molecule has 96 valence electrons. The molecule has 0 aromatic carbocycles. The fourth-order valence-electron chi connectivity index (χ4n) is 0.953. The predicted octanol–water partition coefficient (Wildman–Crippen LogP) is 2.74. The van der Waals surface area contributed by atoms with Gasteiger partial charge in [0.25, 0.3) is 0 Å². The zero-order valence-electron chi connectivity index (χ0n) is 10.7. The smallest absolute Gasteiger partial charge is 0.336 e. The monoisotopic (exact) mass is 240 g/mol. The first-order valence-electron chi connectivity index (χ1n) is 5.61. The fraction of sp³-hybridized carbons (Fsp3) is 0.538. The van der Waals surface area contributed by atoms with E-state index in [4.69, 9.17) is 9.47 Å². The molecule has 0 amide bonds. The van der Waals surface area contributed by atoms with Crippen LogP contribution in [0.1, 0.15) is 40.0 Å². The summed E-state index contributed by atoms with van der Waals surface area (Å²) < 4.78 is 10.0. The Hall–Kier alpha value is -1.58. The molecule has 0 aliphatic heterocycles. The van der Waals surface area contributed by atoms with Gasteiger partial charge in [-0.25, -0.2) is 9.59 Å². The number of unbranched alkanes of at least 4 members (excludes halogenated alkanes) is 1. The average Bonchev–Trinajstić information content (AvgIpc) is 2.25. The second-order valence-electron chi connectivity index (χ2n) is 3.94. The lowest BCUT2D eigenvalue weighted by Crippen LogP contribution is -2.25. The Morgan fingerprint density at radius 3 is 1.76 bits per heavy atom. The van der Waals surface area contributed by atoms with Crippen LogP contribution in [-0.2, 0) is 19.1 Å². The molecular weight excluding hydrogens is 220 g/mol. The van der Waals surface area contributed by atoms with Gasteiger partial charge in [-0.3, -0.25) is 0 Å². The molecule has 0 bridgehead atoms. The van der Waals surface area contributed by atoms with E-state index in [9.17, 15) is 9.59 Å². The molecule has 4 nitrogen and oxygen atoms in total. The highest BCUT2D eigenvalue weighted by Crippen LogP contribution is 2.11. The molecule has 4 heteroatoms. The van der Waals surface area contributed by atoms with Crippen molar-refractivity contribution in [2.45, 2.75) is 46.3 Å². The lowest BCUT2D eigenvalue weighted by atomic mass is 10.2. The summed E-state index contributed by atoms with van der Waals surface area (Å²) in [5, 5.41) is 0. The largest absolute Gasteiger partial charge is 0.422 e. The normalized spacial score (nSPS) is 9.88. The summed E-state index contributed by atoms with van der Waals surface area (Å²) in [7, 11) is 0. The highest BCUT2D eigenvalue weighted by Gasteiger charge is 2.19. The van der Waals surface area contributed by atoms with Crippen LogP contribution in [0.4, 0.5) is 0 Å². The van der Waals surface area contributed by atoms with Gasteiger partial charge in [0.1, 0.15) is 0 Å². The zero-order chi connectivity index (χ0) is 13.4. The Balaban J connectivity index is 4.42. The second kappa shape index (κ2) is 7.65. The molecule has 0 saturated carbocycles. The minimum absolute atomic E-state index is 0.276. The topological polar surface area (TPSA) is 52.6 Å². The molecule has 0 aromatic rings. The van der Waals surface area contributed by atoms with Crippen molar-refractivity contribution in [2.24, 2.45) is 0 Å². The van der Waals surface area contributed by atoms with Crippen LogP contribution in [-0.4, -0.2) is 18.2 Å². The van der Waals surface area contributed by atoms with Gasteiger partial charge in [0.05, 0.1) is 0 Å². The quantitative estimate of drug-likeness (QED) is 0.390. The SMILES string of the molecule is C=C(C)C(=O)OC(CCCC)OC(=O)C(=C)C. The summed E-state index contributed by atoms with van der Waals surface area (Å²) in [6.45, 7) is 12.0. The fourth-order valence-corrected chi connectivity index (χ4v) is 0.953. The average molecular weight is 240 g/mol. The highest BCUT2D eigenvalue weighted by atomic mass is 16.7. The lowest BCUT2D eigenvalue weighted by molar-refractivity contribution is -0.183. The molecule has 0 saturated heterocycles. The Morgan fingerprint density at radius 1 is 1.06 bits per heavy atom. The van der Waals surface area contributed by atoms with E-state index in [0.29, 0.717) is 6.42 Å². The molecule has 0 rings (SSSR count). The van der Waals surface area contributed by atoms with Crippen LogP contribution >= 0.6 is 0 Å². The van der Waals surface area contributed by atoms with Gasteiger partial charge < -0.3 is 9.47 Å². The molecule has 17 heavy (non-hydrogen) atoms. The highest BCUT2D eigenvalue weighted by molar-refractivity contribution is 5.88. The first-order valence-corrected chi connectivity index (χ1v) is 5.61. The van der Waals surface area contributed by atoms with Gasteiger partial charge in [-0.1, -0.05) is 26.5 Å². The third-order valence-corrected chi connectivity index (χ3v) is 1.97. The van der Waals surface area contributed by atoms with E-state index < -0.39 is 18.2 Å². The number of carbonyl (C=O) groups excluding carboxylic acids is 2. The van der Waals surface area contributed by atoms with Crippen molar-refractivity contribution >= 4 is 11.9 Å². The van der Waals surface area contributed by atoms with Crippen molar-refractivity contribution in [2.75, 3.05) is 0 Å². The maximum Gasteiger partial charge on any atom is 0.336 e. The van der Waals surface area contributed by atoms with Crippen LogP contribution < -0.4 is 0 Å². The second-order valence-corrected chi connectivity index (χ2v) is 3.94. The molecule has 0 fully saturated rings. The Labute approximate surface area is 102 Å². The van der Waals surface area contributed by atoms with Crippen LogP contribution in [0.5, 0.6) is 0 Å². The maximum atomic E-state index is 11.3. The van der Waals surface area contributed by atoms with E-state index in [1.54, 1.807) is 13.8 Å². The number of hydrogen-bond acceptors (Lipinski definition) is 4. The molecule has 0 heterocycles. The summed E-state index contributed by atoms with van der Waals surface area (Å²) in [6, 6.07) is 0. The number of ether oxygens (including phenoxy) is 2. The van der Waals surface area contributed by atoms with Gasteiger partial charge in [0.2, 0.25) is 6.29 Å². The molecule has 0 aliphatic carbocycles. The summed E-state index contributed by atoms with van der Waals surface area (Å²) in [6.07, 6.45) is 1.35. The van der Waals surface area contributed by atoms with Crippen LogP contribution in [0, 0.1) is 0 Å². The van der Waals surface area contributed by atoms with E-state index in [-0.39, 0.29) is 11.1 Å². The van der Waals surface area contributed by atoms with E-state index in [0.717, 1.165) is 12.8 Å². The summed E-state index contributed by atoms with van der Waals surface area (Å²) in [5.74, 6) is -1.11. The molecule has 0 spiro atoms. The first-order chi connectivity index (χ1) is 7.88. The molecule has 0 aliphatic rings. The molecular formula is C13H20O4. The third kappa shape index (κ3) is 6.56. The van der Waals surface area contributed by atoms with Gasteiger partial charge in [0, 0.05) is 17.6 Å². The van der Waals surface area contributed by atoms with Crippen molar-refractivity contribution in [1.82, 2.24) is 0 Å². The number of rotatable bonds is 7. The maximum absolute atomic E-state index is 11.3. The van der Waals surface area contributed by atoms with Crippen molar-refractivity contribution in [3.8, 4) is 0 Å². The van der Waals surface area contributed by atoms with E-state index in [2.05, 4.69) is 13.2 Å². The number of esters is 2. The summed E-state index contributed by atoms with van der Waals surface area (Å²) in [5.41, 5.74) is 0.552. The van der Waals surface area contributed by atoms with Crippen molar-refractivity contribution in [3.05, 3.63) is 24.3 Å². The van der Waals surface area contributed by atoms with Crippen molar-refractivity contribution in [1.29, 1.82) is 0 Å². The molecule has 0 atom stereocenters. The molecule has 0 unspecified atom stereocenters. The molecule has 0 aromatic heterocycles. The minimum Gasteiger partial charge on any atom is -0.422 e. The van der Waals surface area contributed by atoms with Gasteiger partial charge in [-0.05, 0) is 20.3 Å². The van der Waals surface area contributed by atoms with Gasteiger partial charge in [-0.15, -0.1) is 0 Å². The standard InChI is InChI=1S/C13H20O4/c1-6-7-8-11(16-12(14)9(2)3)17-13(15)10(4)5/h11H,2,4,6-8H2,1,3,5H3. The molecule has 0 N–H and O–H groups in total. The van der Waals surface area contributed by atoms with Crippen molar-refractivity contribution < 1.29 is 19.1 Å². The zero-order valence-corrected chi connectivity index (χ0v) is 10.7. The number of hydrogen-bond donors (Lipinski definition) is 0. The Kier molecular flexibility index (Phi) is 6.94. The number of carbonyl (C=O) groups is 2. The Bertz CT molecular complexity index is 289. The minimum atomic E-state index is -0.858. The van der Waals surface area contributed by atoms with E-state index in [1.807, 2.05) is 6.92 Å². The van der Waals surface area contributed by atoms with Crippen LogP contribution in [0.3, 0.4) is 0 Å². The summed E-state index contributed by atoms with van der Waals surface area (Å²) >= 11 is 0. The van der Waals surface area contributed by atoms with Gasteiger partial charge in [0.15, 0.2) is 0 Å². The third-order valence-electron chi connectivity index (χ3n) is 1.97. The van der Waals surface area contributed by atoms with Crippen LogP contribution in [0.25, 0.3) is 0 Å². The van der Waals surface area contributed by atoms with Crippen molar-refractivity contribution in [3.63, 3.8) is 0 Å². The van der Waals surface area contributed by atoms with Gasteiger partial charge >= 0.3 is 11.9 Å². The van der Waals surface area contributed by atoms with Crippen LogP contribution in [0.2, 0.25) is 0 Å². The Morgan fingerprint density at radius 2 is 1.47 bits per heavy atom. The lowest BCUT2D eigenvalue weighted by Gasteiger charge is -2.18. The summed E-state index contributed by atoms with van der Waals surface area (Å²) in [4.78, 5) is 22.7. The van der Waals surface area contributed by atoms with Crippen LogP contribution in [0.15, 0.2) is 24.3 Å². The van der Waals surface area contributed by atoms with E-state index >= 15 is 0 Å². The predicted molar refractivity (Wildman–Crippen MR) is 65.1 cm³/mol. The first kappa shape index (κ1) is 15.4.